The van der Waals surface area contributed by atoms with E-state index in [-0.39, 0.29) is 0 Å². The maximum atomic E-state index is 13.0. The number of carbonyl (C=O) groups is 4. The molecular formula is C50H84N4O36. The minimum absolute atomic E-state index is 0.751. The molecule has 4 amide bonds. The van der Waals surface area contributed by atoms with Gasteiger partial charge in [0.05, 0.1) is 46.2 Å². The predicted molar refractivity (Wildman–Crippen MR) is 278 cm³/mol. The lowest BCUT2D eigenvalue weighted by Crippen LogP contribution is -2.72. The minimum Gasteiger partial charge on any atom is -0.394 e. The lowest BCUT2D eigenvalue weighted by molar-refractivity contribution is -0.399. The van der Waals surface area contributed by atoms with E-state index in [1.165, 1.54) is 0 Å². The normalized spacial score (nSPS) is 47.6. The number of rotatable bonds is 23. The maximum absolute atomic E-state index is 13.0. The minimum atomic E-state index is -2.41. The average Bonchev–Trinajstić information content (AvgIpc) is 0.794. The van der Waals surface area contributed by atoms with Crippen molar-refractivity contribution in [2.45, 2.75) is 242 Å². The van der Waals surface area contributed by atoms with E-state index in [4.69, 9.17) is 61.6 Å². The molecule has 40 nitrogen and oxygen atoms in total. The lowest BCUT2D eigenvalue weighted by Gasteiger charge is -2.52. The van der Waals surface area contributed by atoms with Crippen molar-refractivity contribution in [1.29, 1.82) is 0 Å². The third-order valence-electron chi connectivity index (χ3n) is 16.2. The Kier molecular flexibility index (Phi) is 26.6. The average molecular weight is 1320 g/mol. The molecule has 90 heavy (non-hydrogen) atoms. The van der Waals surface area contributed by atoms with Crippen molar-refractivity contribution in [3.05, 3.63) is 0 Å². The molecule has 0 aromatic heterocycles. The molecule has 0 spiro atoms. The van der Waals surface area contributed by atoms with Crippen LogP contribution in [0.15, 0.2) is 0 Å². The van der Waals surface area contributed by atoms with Crippen LogP contribution in [0, 0.1) is 0 Å². The van der Waals surface area contributed by atoms with Crippen molar-refractivity contribution >= 4 is 23.6 Å². The molecular weight excluding hydrogens is 1230 g/mol. The summed E-state index contributed by atoms with van der Waals surface area (Å²) in [5, 5.41) is 217. The molecule has 7 aliphatic rings. The van der Waals surface area contributed by atoms with E-state index >= 15 is 0 Å². The number of hydrogen-bond donors (Lipinski definition) is 23. The van der Waals surface area contributed by atoms with Gasteiger partial charge in [-0.3, -0.25) is 19.2 Å². The first-order valence-electron chi connectivity index (χ1n) is 28.6. The van der Waals surface area contributed by atoms with Crippen LogP contribution in [0.3, 0.4) is 0 Å². The van der Waals surface area contributed by atoms with Crippen LogP contribution in [0.5, 0.6) is 0 Å². The van der Waals surface area contributed by atoms with Crippen LogP contribution in [0.2, 0.25) is 0 Å². The largest absolute Gasteiger partial charge is 0.394 e. The Morgan fingerprint density at radius 1 is 0.267 bits per heavy atom. The topological polar surface area (TPSA) is 621 Å². The predicted octanol–water partition coefficient (Wildman–Crippen LogP) is -15.7. The molecule has 35 atom stereocenters. The first-order chi connectivity index (χ1) is 42.6. The molecule has 0 aliphatic carbocycles. The van der Waals surface area contributed by atoms with Gasteiger partial charge in [0.15, 0.2) is 44.0 Å². The number of amides is 4. The van der Waals surface area contributed by atoms with E-state index < -0.39 is 285 Å². The maximum Gasteiger partial charge on any atom is 0.217 e. The van der Waals surface area contributed by atoms with Crippen LogP contribution in [-0.2, 0) is 80.8 Å². The third-order valence-corrected chi connectivity index (χ3v) is 16.2. The smallest absolute Gasteiger partial charge is 0.217 e. The summed E-state index contributed by atoms with van der Waals surface area (Å²) in [7, 11) is 0. The molecule has 40 heteroatoms. The van der Waals surface area contributed by atoms with Crippen molar-refractivity contribution in [3.8, 4) is 0 Å². The Balaban J connectivity index is 1.25. The zero-order chi connectivity index (χ0) is 66.5. The van der Waals surface area contributed by atoms with E-state index in [1.807, 2.05) is 0 Å². The summed E-state index contributed by atoms with van der Waals surface area (Å²) in [6.45, 7) is -3.35. The number of ether oxygens (including phenoxy) is 13. The van der Waals surface area contributed by atoms with Crippen molar-refractivity contribution in [1.82, 2.24) is 21.3 Å². The Hall–Kier alpha value is -3.40. The van der Waals surface area contributed by atoms with Gasteiger partial charge in [0.25, 0.3) is 0 Å². The van der Waals surface area contributed by atoms with Crippen LogP contribution < -0.4 is 21.3 Å². The highest BCUT2D eigenvalue weighted by Gasteiger charge is 2.60. The van der Waals surface area contributed by atoms with Gasteiger partial charge in [0.1, 0.15) is 171 Å². The third kappa shape index (κ3) is 16.3. The summed E-state index contributed by atoms with van der Waals surface area (Å²) in [6.07, 6.45) is -61.0. The second kappa shape index (κ2) is 32.4. The fraction of sp³-hybridized carbons (Fsp3) is 0.920. The zero-order valence-corrected chi connectivity index (χ0v) is 48.6. The van der Waals surface area contributed by atoms with Crippen LogP contribution in [-0.4, -0.2) is 382 Å². The first-order valence-corrected chi connectivity index (χ1v) is 28.6. The molecule has 0 aromatic rings. The van der Waals surface area contributed by atoms with Gasteiger partial charge in [0, 0.05) is 27.7 Å². The molecule has 520 valence electrons. The summed E-state index contributed by atoms with van der Waals surface area (Å²) >= 11 is 0. The Labute approximate surface area is 510 Å². The van der Waals surface area contributed by atoms with E-state index in [0.717, 1.165) is 27.7 Å². The van der Waals surface area contributed by atoms with E-state index in [0.29, 0.717) is 0 Å². The number of aliphatic hydroxyl groups excluding tert-OH is 19. The van der Waals surface area contributed by atoms with Crippen LogP contribution >= 0.6 is 0 Å². The molecule has 0 radical (unpaired) electrons. The Bertz CT molecular complexity index is 2310. The van der Waals surface area contributed by atoms with Gasteiger partial charge in [-0.2, -0.15) is 0 Å². The molecule has 0 aromatic carbocycles. The number of hydrogen-bond acceptors (Lipinski definition) is 36. The Morgan fingerprint density at radius 3 is 0.811 bits per heavy atom. The summed E-state index contributed by atoms with van der Waals surface area (Å²) in [4.78, 5) is 50.7. The second-order valence-electron chi connectivity index (χ2n) is 22.5. The van der Waals surface area contributed by atoms with Crippen LogP contribution in [0.25, 0.3) is 0 Å². The van der Waals surface area contributed by atoms with E-state index in [9.17, 15) is 116 Å². The van der Waals surface area contributed by atoms with Crippen molar-refractivity contribution < 1.29 is 178 Å². The molecule has 7 aliphatic heterocycles. The Morgan fingerprint density at radius 2 is 0.500 bits per heavy atom. The number of nitrogens with one attached hydrogen (secondary N) is 4. The molecule has 23 N–H and O–H groups in total. The molecule has 0 bridgehead atoms. The van der Waals surface area contributed by atoms with Gasteiger partial charge < -0.3 is 180 Å². The van der Waals surface area contributed by atoms with Gasteiger partial charge in [-0.05, 0) is 0 Å². The highest BCUT2D eigenvalue weighted by Crippen LogP contribution is 2.39. The fourth-order valence-electron chi connectivity index (χ4n) is 11.6. The van der Waals surface area contributed by atoms with Crippen LogP contribution in [0.1, 0.15) is 27.7 Å². The van der Waals surface area contributed by atoms with Gasteiger partial charge >= 0.3 is 0 Å². The first kappa shape index (κ1) is 74.0. The molecule has 7 fully saturated rings. The molecule has 0 unspecified atom stereocenters. The molecule has 7 heterocycles. The lowest BCUT2D eigenvalue weighted by atomic mass is 9.93. The van der Waals surface area contributed by atoms with Gasteiger partial charge in [-0.25, -0.2) is 0 Å². The zero-order valence-electron chi connectivity index (χ0n) is 48.6. The second-order valence-corrected chi connectivity index (χ2v) is 22.5. The quantitative estimate of drug-likeness (QED) is 0.0452. The van der Waals surface area contributed by atoms with Crippen molar-refractivity contribution in [3.63, 3.8) is 0 Å². The van der Waals surface area contributed by atoms with Crippen molar-refractivity contribution in [2.75, 3.05) is 46.2 Å². The standard InChI is InChI=1S/C50H84N4O36/c1-12(62)51-23-29(68)38(18(7-57)78-44(23)77)85-45-25(53-14(3)64)32(71)41(21(10-60)82-45)89-50-43(90-47-26(54-15(4)65)31(70)40(20(9-59)83-47)88-49-36(75)34(73)28(67)17(6-56)80-49)37(76)42(22(11-61)84-50)86-46-24(52-13(2)63)30(69)39(19(8-58)81-46)87-48-35(74)33(72)27(66)16(5-55)79-48/h16-50,55-61,66-77H,5-11H2,1-4H3,(H,51,62)(H,52,63)(H,53,64)(H,54,65)/t16-,17-,18-,19-,20-,21-,22-,23-,24-,25-,26-,27+,28+,29-,30-,31-,32-,33+,34+,35-,36+,37+,38-,39-,40-,41-,42-,43+,44-,45+,46+,47+,48+,49+,50-/m1/s1. The summed E-state index contributed by atoms with van der Waals surface area (Å²) in [5.41, 5.74) is 0. The molecule has 7 rings (SSSR count). The summed E-state index contributed by atoms with van der Waals surface area (Å²) in [6, 6.07) is -7.23. The number of aliphatic hydroxyl groups is 19. The SMILES string of the molecule is CC(=O)N[C@@H]1[C@@H](O)[C@H](O[C@@H]2O[C@H](CO)[C@@H](O[C@H]3O[C@H](CO)[C@@H](O[C@@H]4O[C@H](CO)[C@@H](O[C@@H]5O[C@H](CO)[C@H](O)[C@H](O)[C@H]5O)[C@H](O)[C@H]4NC(C)=O)[C@H](O)[C@@H]3O[C@@H]3O[C@H](CO)[C@@H](O[C@@H]4O[C@H](CO)[C@H](O)[C@H](O)[C@@H]4O)[C@H](O)[C@H]3NC(C)=O)[C@H](O)[C@H]2NC(C)=O)[C@@H](CO)O[C@H]1O. The summed E-state index contributed by atoms with van der Waals surface area (Å²) < 4.78 is 76.9. The van der Waals surface area contributed by atoms with E-state index in [1.54, 1.807) is 0 Å². The van der Waals surface area contributed by atoms with Gasteiger partial charge in [-0.1, -0.05) is 0 Å². The van der Waals surface area contributed by atoms with Gasteiger partial charge in [0.2, 0.25) is 23.6 Å². The highest BCUT2D eigenvalue weighted by molar-refractivity contribution is 5.74. The molecule has 0 saturated carbocycles. The van der Waals surface area contributed by atoms with Crippen molar-refractivity contribution in [2.24, 2.45) is 0 Å². The fourth-order valence-corrected chi connectivity index (χ4v) is 11.6. The summed E-state index contributed by atoms with van der Waals surface area (Å²) in [5.74, 6) is -3.47. The highest BCUT2D eigenvalue weighted by atomic mass is 16.8. The van der Waals surface area contributed by atoms with E-state index in [2.05, 4.69) is 21.3 Å². The van der Waals surface area contributed by atoms with Gasteiger partial charge in [-0.15, -0.1) is 0 Å². The van der Waals surface area contributed by atoms with Crippen LogP contribution in [0.4, 0.5) is 0 Å². The monoisotopic (exact) mass is 1320 g/mol. The molecule has 7 saturated heterocycles. The number of carbonyl (C=O) groups excluding carboxylic acids is 4.